The Morgan fingerprint density at radius 1 is 1.22 bits per heavy atom. The van der Waals surface area contributed by atoms with E-state index < -0.39 is 0 Å². The van der Waals surface area contributed by atoms with Gasteiger partial charge >= 0.3 is 5.97 Å². The molecule has 0 fully saturated rings. The van der Waals surface area contributed by atoms with Crippen LogP contribution in [0.15, 0.2) is 24.3 Å². The summed E-state index contributed by atoms with van der Waals surface area (Å²) in [7, 11) is 3.96. The van der Waals surface area contributed by atoms with Gasteiger partial charge in [0.1, 0.15) is 19.0 Å². The summed E-state index contributed by atoms with van der Waals surface area (Å²) in [4.78, 5) is 18.7. The van der Waals surface area contributed by atoms with Crippen molar-refractivity contribution in [2.24, 2.45) is 0 Å². The Bertz CT molecular complexity index is 637. The minimum atomic E-state index is -0.270. The van der Waals surface area contributed by atoms with Crippen LogP contribution in [0.1, 0.15) is 19.2 Å². The summed E-state index contributed by atoms with van der Waals surface area (Å²) in [5.41, 5.74) is 1.84. The maximum Gasteiger partial charge on any atom is 0.326 e. The highest BCUT2D eigenvalue weighted by Crippen LogP contribution is 2.17. The van der Waals surface area contributed by atoms with Gasteiger partial charge in [0.25, 0.3) is 0 Å². The van der Waals surface area contributed by atoms with Crippen LogP contribution in [-0.2, 0) is 27.4 Å². The minimum absolute atomic E-state index is 0.164. The molecule has 0 spiro atoms. The highest BCUT2D eigenvalue weighted by Gasteiger charge is 2.14. The number of ether oxygens (including phenoxy) is 2. The summed E-state index contributed by atoms with van der Waals surface area (Å²) in [5, 5.41) is 0. The van der Waals surface area contributed by atoms with Gasteiger partial charge < -0.3 is 18.9 Å². The van der Waals surface area contributed by atoms with Crippen molar-refractivity contribution in [1.82, 2.24) is 14.5 Å². The molecular formula is C17H25N3O3. The Morgan fingerprint density at radius 2 is 2.00 bits per heavy atom. The average Bonchev–Trinajstić information content (AvgIpc) is 2.84. The number of hydrogen-bond donors (Lipinski definition) is 0. The van der Waals surface area contributed by atoms with Crippen LogP contribution in [0, 0.1) is 0 Å². The molecule has 0 amide bonds. The Kier molecular flexibility index (Phi) is 6.55. The van der Waals surface area contributed by atoms with Crippen LogP contribution < -0.4 is 0 Å². The molecule has 0 aliphatic carbocycles. The molecule has 1 aromatic heterocycles. The lowest BCUT2D eigenvalue weighted by molar-refractivity contribution is -0.145. The number of esters is 1. The maximum absolute atomic E-state index is 12.1. The summed E-state index contributed by atoms with van der Waals surface area (Å²) >= 11 is 0. The van der Waals surface area contributed by atoms with Crippen LogP contribution in [0.5, 0.6) is 0 Å². The molecule has 6 heteroatoms. The van der Waals surface area contributed by atoms with Crippen molar-refractivity contribution >= 4 is 17.0 Å². The van der Waals surface area contributed by atoms with Crippen LogP contribution in [0.3, 0.4) is 0 Å². The normalized spacial score (nSPS) is 11.3. The molecule has 0 saturated carbocycles. The van der Waals surface area contributed by atoms with E-state index >= 15 is 0 Å². The zero-order valence-electron chi connectivity index (χ0n) is 14.1. The summed E-state index contributed by atoms with van der Waals surface area (Å²) in [6.45, 7) is 4.29. The van der Waals surface area contributed by atoms with Crippen LogP contribution >= 0.6 is 0 Å². The lowest BCUT2D eigenvalue weighted by atomic mass is 10.3. The average molecular weight is 319 g/mol. The molecule has 0 N–H and O–H groups in total. The molecule has 126 valence electrons. The van der Waals surface area contributed by atoms with Gasteiger partial charge in [-0.05, 0) is 32.6 Å². The highest BCUT2D eigenvalue weighted by molar-refractivity contribution is 5.78. The zero-order valence-corrected chi connectivity index (χ0v) is 14.1. The van der Waals surface area contributed by atoms with Crippen molar-refractivity contribution in [3.63, 3.8) is 0 Å². The SMILES string of the molecule is CCCOCCOC(=O)Cn1c(CN(C)C)nc2ccccc21. The van der Waals surface area contributed by atoms with Crippen molar-refractivity contribution in [1.29, 1.82) is 0 Å². The first kappa shape index (κ1) is 17.4. The standard InChI is InChI=1S/C17H25N3O3/c1-4-9-22-10-11-23-17(21)13-20-15-8-6-5-7-14(15)18-16(20)12-19(2)3/h5-8H,4,9-13H2,1-3H3. The van der Waals surface area contributed by atoms with Gasteiger partial charge in [-0.25, -0.2) is 4.98 Å². The van der Waals surface area contributed by atoms with Crippen LogP contribution in [-0.4, -0.2) is 54.3 Å². The number of aromatic nitrogens is 2. The summed E-state index contributed by atoms with van der Waals surface area (Å²) in [6.07, 6.45) is 0.961. The summed E-state index contributed by atoms with van der Waals surface area (Å²) in [6, 6.07) is 7.82. The lowest BCUT2D eigenvalue weighted by Gasteiger charge is -2.12. The highest BCUT2D eigenvalue weighted by atomic mass is 16.6. The Morgan fingerprint density at radius 3 is 2.74 bits per heavy atom. The number of para-hydroxylation sites is 2. The van der Waals surface area contributed by atoms with Gasteiger partial charge in [-0.15, -0.1) is 0 Å². The Balaban J connectivity index is 2.04. The van der Waals surface area contributed by atoms with Crippen LogP contribution in [0.4, 0.5) is 0 Å². The summed E-state index contributed by atoms with van der Waals surface area (Å²) in [5.74, 6) is 0.587. The minimum Gasteiger partial charge on any atom is -0.462 e. The van der Waals surface area contributed by atoms with E-state index in [1.807, 2.05) is 54.8 Å². The number of benzene rings is 1. The van der Waals surface area contributed by atoms with Crippen molar-refractivity contribution in [2.75, 3.05) is 33.9 Å². The van der Waals surface area contributed by atoms with E-state index in [4.69, 9.17) is 9.47 Å². The van der Waals surface area contributed by atoms with Crippen LogP contribution in [0.25, 0.3) is 11.0 Å². The predicted molar refractivity (Wildman–Crippen MR) is 89.2 cm³/mol. The van der Waals surface area contributed by atoms with E-state index in [2.05, 4.69) is 4.98 Å². The van der Waals surface area contributed by atoms with Gasteiger partial charge in [0.2, 0.25) is 0 Å². The monoisotopic (exact) mass is 319 g/mol. The topological polar surface area (TPSA) is 56.6 Å². The fourth-order valence-electron chi connectivity index (χ4n) is 2.34. The molecule has 1 aromatic carbocycles. The van der Waals surface area contributed by atoms with Crippen molar-refractivity contribution in [3.05, 3.63) is 30.1 Å². The van der Waals surface area contributed by atoms with E-state index in [0.717, 1.165) is 23.3 Å². The molecule has 0 radical (unpaired) electrons. The fraction of sp³-hybridized carbons (Fsp3) is 0.529. The van der Waals surface area contributed by atoms with Gasteiger partial charge in [-0.1, -0.05) is 19.1 Å². The third-order valence-electron chi connectivity index (χ3n) is 3.32. The zero-order chi connectivity index (χ0) is 16.7. The first-order valence-electron chi connectivity index (χ1n) is 7.94. The molecule has 0 saturated heterocycles. The number of imidazole rings is 1. The van der Waals surface area contributed by atoms with Crippen molar-refractivity contribution in [2.45, 2.75) is 26.4 Å². The first-order valence-corrected chi connectivity index (χ1v) is 7.94. The quantitative estimate of drug-likeness (QED) is 0.523. The second kappa shape index (κ2) is 8.64. The molecule has 0 atom stereocenters. The molecule has 1 heterocycles. The van der Waals surface area contributed by atoms with E-state index in [1.54, 1.807) is 0 Å². The number of carbonyl (C=O) groups is 1. The largest absolute Gasteiger partial charge is 0.462 e. The molecular weight excluding hydrogens is 294 g/mol. The second-order valence-corrected chi connectivity index (χ2v) is 5.67. The van der Waals surface area contributed by atoms with Crippen molar-refractivity contribution < 1.29 is 14.3 Å². The van der Waals surface area contributed by atoms with Gasteiger partial charge in [0.15, 0.2) is 0 Å². The maximum atomic E-state index is 12.1. The third kappa shape index (κ3) is 5.04. The van der Waals surface area contributed by atoms with E-state index in [1.165, 1.54) is 0 Å². The van der Waals surface area contributed by atoms with E-state index in [-0.39, 0.29) is 19.1 Å². The molecule has 0 aliphatic rings. The van der Waals surface area contributed by atoms with Gasteiger partial charge in [0.05, 0.1) is 24.2 Å². The molecule has 6 nitrogen and oxygen atoms in total. The Hall–Kier alpha value is -1.92. The summed E-state index contributed by atoms with van der Waals surface area (Å²) < 4.78 is 12.5. The van der Waals surface area contributed by atoms with E-state index in [0.29, 0.717) is 19.8 Å². The number of nitrogens with zero attached hydrogens (tertiary/aromatic N) is 3. The Labute approximate surface area is 137 Å². The van der Waals surface area contributed by atoms with Crippen LogP contribution in [0.2, 0.25) is 0 Å². The van der Waals surface area contributed by atoms with Crippen molar-refractivity contribution in [3.8, 4) is 0 Å². The molecule has 0 unspecified atom stereocenters. The second-order valence-electron chi connectivity index (χ2n) is 5.67. The number of carbonyl (C=O) groups excluding carboxylic acids is 1. The third-order valence-corrected chi connectivity index (χ3v) is 3.32. The molecule has 23 heavy (non-hydrogen) atoms. The predicted octanol–water partition coefficient (Wildman–Crippen LogP) is 2.07. The van der Waals surface area contributed by atoms with E-state index in [9.17, 15) is 4.79 Å². The molecule has 0 bridgehead atoms. The van der Waals surface area contributed by atoms with Gasteiger partial charge in [-0.2, -0.15) is 0 Å². The number of hydrogen-bond acceptors (Lipinski definition) is 5. The lowest BCUT2D eigenvalue weighted by Crippen LogP contribution is -2.21. The van der Waals surface area contributed by atoms with Gasteiger partial charge in [-0.3, -0.25) is 4.79 Å². The smallest absolute Gasteiger partial charge is 0.326 e. The molecule has 2 aromatic rings. The molecule has 0 aliphatic heterocycles. The number of fused-ring (bicyclic) bond motifs is 1. The fourth-order valence-corrected chi connectivity index (χ4v) is 2.34. The van der Waals surface area contributed by atoms with Gasteiger partial charge in [0, 0.05) is 6.61 Å². The molecule has 2 rings (SSSR count). The number of rotatable bonds is 9. The first-order chi connectivity index (χ1) is 11.1.